The molecule has 1 aliphatic rings. The molecule has 1 heterocycles. The monoisotopic (exact) mass is 374 g/mol. The molecule has 1 aliphatic heterocycles. The van der Waals surface area contributed by atoms with E-state index in [1.165, 1.54) is 12.1 Å². The lowest BCUT2D eigenvalue weighted by Gasteiger charge is -2.28. The van der Waals surface area contributed by atoms with Gasteiger partial charge in [-0.2, -0.15) is 0 Å². The molecule has 0 radical (unpaired) electrons. The summed E-state index contributed by atoms with van der Waals surface area (Å²) in [7, 11) is 0.993. The van der Waals surface area contributed by atoms with Crippen molar-refractivity contribution < 1.29 is 32.9 Å². The predicted molar refractivity (Wildman–Crippen MR) is 86.9 cm³/mol. The third kappa shape index (κ3) is 4.90. The van der Waals surface area contributed by atoms with E-state index in [0.29, 0.717) is 0 Å². The third-order valence-electron chi connectivity index (χ3n) is 3.66. The highest BCUT2D eigenvalue weighted by atomic mass is 35.5. The number of benzene rings is 1. The Kier molecular flexibility index (Phi) is 6.03. The van der Waals surface area contributed by atoms with Gasteiger partial charge in [-0.3, -0.25) is 0 Å². The zero-order valence-electron chi connectivity index (χ0n) is 14.2. The Morgan fingerprint density at radius 3 is 2.56 bits per heavy atom. The molecular weight excluding hydrogens is 355 g/mol. The Labute approximate surface area is 150 Å². The van der Waals surface area contributed by atoms with Crippen LogP contribution in [-0.4, -0.2) is 48.8 Å². The molecule has 0 N–H and O–H groups in total. The second-order valence-electron chi connectivity index (χ2n) is 6.06. The summed E-state index contributed by atoms with van der Waals surface area (Å²) in [5.74, 6) is -3.01. The number of carbonyl (C=O) groups is 2. The molecule has 2 rings (SSSR count). The van der Waals surface area contributed by atoms with Gasteiger partial charge in [-0.1, -0.05) is 29.8 Å². The summed E-state index contributed by atoms with van der Waals surface area (Å²) in [6, 6.07) is 7.99. The molecule has 0 amide bonds. The molecule has 1 fully saturated rings. The van der Waals surface area contributed by atoms with E-state index in [1.54, 1.807) is 32.0 Å². The third-order valence-corrected chi connectivity index (χ3v) is 4.06. The standard InChI is InChI=1S/C17H20ClFO6/c1-16(2)23-10-12(25-16)9-13(17(18,19)15(21)22-3)24-14(20)11-7-5-4-6-8-11/h4-8,12-13H,9-10H2,1-3H3/t12-,13+,17-/m0/s1. The topological polar surface area (TPSA) is 71.1 Å². The maximum absolute atomic E-state index is 14.8. The lowest BCUT2D eigenvalue weighted by Crippen LogP contribution is -2.46. The summed E-state index contributed by atoms with van der Waals surface area (Å²) in [6.07, 6.45) is -2.38. The number of methoxy groups -OCH3 is 1. The van der Waals surface area contributed by atoms with Gasteiger partial charge >= 0.3 is 17.1 Å². The fourth-order valence-corrected chi connectivity index (χ4v) is 2.64. The van der Waals surface area contributed by atoms with Crippen molar-refractivity contribution in [3.8, 4) is 0 Å². The average Bonchev–Trinajstić information content (AvgIpc) is 2.92. The molecule has 0 unspecified atom stereocenters. The van der Waals surface area contributed by atoms with Gasteiger partial charge in [0.25, 0.3) is 0 Å². The minimum Gasteiger partial charge on any atom is -0.466 e. The van der Waals surface area contributed by atoms with Gasteiger partial charge < -0.3 is 18.9 Å². The molecule has 0 bridgehead atoms. The molecule has 25 heavy (non-hydrogen) atoms. The van der Waals surface area contributed by atoms with Crippen LogP contribution in [0.3, 0.4) is 0 Å². The first kappa shape index (κ1) is 19.6. The first-order valence-electron chi connectivity index (χ1n) is 7.70. The summed E-state index contributed by atoms with van der Waals surface area (Å²) < 4.78 is 35.3. The summed E-state index contributed by atoms with van der Waals surface area (Å²) in [4.78, 5) is 23.9. The Morgan fingerprint density at radius 2 is 2.04 bits per heavy atom. The van der Waals surface area contributed by atoms with Crippen LogP contribution in [0, 0.1) is 0 Å². The van der Waals surface area contributed by atoms with Gasteiger partial charge in [-0.25, -0.2) is 14.0 Å². The minimum atomic E-state index is -3.05. The Bertz CT molecular complexity index is 619. The first-order chi connectivity index (χ1) is 11.7. The highest BCUT2D eigenvalue weighted by Crippen LogP contribution is 2.33. The van der Waals surface area contributed by atoms with Crippen molar-refractivity contribution >= 4 is 23.5 Å². The van der Waals surface area contributed by atoms with Crippen molar-refractivity contribution in [1.29, 1.82) is 0 Å². The van der Waals surface area contributed by atoms with Crippen molar-refractivity contribution in [1.82, 2.24) is 0 Å². The van der Waals surface area contributed by atoms with Gasteiger partial charge in [0.1, 0.15) is 0 Å². The van der Waals surface area contributed by atoms with Crippen molar-refractivity contribution in [2.75, 3.05) is 13.7 Å². The molecule has 1 aromatic rings. The first-order valence-corrected chi connectivity index (χ1v) is 8.07. The average molecular weight is 375 g/mol. The van der Waals surface area contributed by atoms with Crippen LogP contribution in [0.15, 0.2) is 30.3 Å². The van der Waals surface area contributed by atoms with E-state index in [-0.39, 0.29) is 18.6 Å². The van der Waals surface area contributed by atoms with E-state index in [4.69, 9.17) is 25.8 Å². The Morgan fingerprint density at radius 1 is 1.40 bits per heavy atom. The lowest BCUT2D eigenvalue weighted by molar-refractivity contribution is -0.158. The molecule has 138 valence electrons. The van der Waals surface area contributed by atoms with Gasteiger partial charge in [0.05, 0.1) is 25.4 Å². The van der Waals surface area contributed by atoms with Gasteiger partial charge in [0, 0.05) is 6.42 Å². The molecule has 0 aromatic heterocycles. The lowest BCUT2D eigenvalue weighted by atomic mass is 10.1. The maximum Gasteiger partial charge on any atom is 0.363 e. The smallest absolute Gasteiger partial charge is 0.363 e. The summed E-state index contributed by atoms with van der Waals surface area (Å²) in [5, 5.41) is -3.05. The highest BCUT2D eigenvalue weighted by Gasteiger charge is 2.51. The van der Waals surface area contributed by atoms with Crippen molar-refractivity contribution in [3.05, 3.63) is 35.9 Å². The zero-order valence-corrected chi connectivity index (χ0v) is 14.9. The molecule has 1 aromatic carbocycles. The van der Waals surface area contributed by atoms with Crippen LogP contribution >= 0.6 is 11.6 Å². The molecule has 3 atom stereocenters. The molecule has 0 spiro atoms. The number of carbonyl (C=O) groups excluding carboxylic acids is 2. The fourth-order valence-electron chi connectivity index (χ4n) is 2.43. The normalized spacial score (nSPS) is 22.7. The summed E-state index contributed by atoms with van der Waals surface area (Å²) in [5.41, 5.74) is 0.203. The van der Waals surface area contributed by atoms with Gasteiger partial charge in [0.2, 0.25) is 0 Å². The minimum absolute atomic E-state index is 0.153. The summed E-state index contributed by atoms with van der Waals surface area (Å²) in [6.45, 7) is 3.55. The van der Waals surface area contributed by atoms with Gasteiger partial charge in [-0.15, -0.1) is 0 Å². The van der Waals surface area contributed by atoms with Crippen LogP contribution < -0.4 is 0 Å². The highest BCUT2D eigenvalue weighted by molar-refractivity contribution is 6.33. The van der Waals surface area contributed by atoms with E-state index in [2.05, 4.69) is 4.74 Å². The van der Waals surface area contributed by atoms with Crippen LogP contribution in [0.4, 0.5) is 4.39 Å². The van der Waals surface area contributed by atoms with E-state index in [9.17, 15) is 14.0 Å². The largest absolute Gasteiger partial charge is 0.466 e. The SMILES string of the molecule is COC(=O)[C@](F)(Cl)[C@@H](C[C@H]1COC(C)(C)O1)OC(=O)c1ccccc1. The van der Waals surface area contributed by atoms with E-state index >= 15 is 0 Å². The van der Waals surface area contributed by atoms with Crippen LogP contribution in [0.25, 0.3) is 0 Å². The van der Waals surface area contributed by atoms with E-state index in [0.717, 1.165) is 7.11 Å². The molecule has 1 saturated heterocycles. The van der Waals surface area contributed by atoms with Crippen LogP contribution in [0.2, 0.25) is 0 Å². The van der Waals surface area contributed by atoms with Crippen molar-refractivity contribution in [2.24, 2.45) is 0 Å². The molecule has 0 saturated carbocycles. The maximum atomic E-state index is 14.8. The number of halogens is 2. The van der Waals surface area contributed by atoms with Gasteiger partial charge in [-0.05, 0) is 26.0 Å². The second kappa shape index (κ2) is 7.68. The number of alkyl halides is 2. The Hall–Kier alpha value is -1.70. The van der Waals surface area contributed by atoms with Crippen LogP contribution in [0.1, 0.15) is 30.6 Å². The molecule has 6 nitrogen and oxygen atoms in total. The predicted octanol–water partition coefficient (Wildman–Crippen LogP) is 2.83. The van der Waals surface area contributed by atoms with Crippen LogP contribution in [0.5, 0.6) is 0 Å². The number of rotatable bonds is 6. The molecule has 0 aliphatic carbocycles. The van der Waals surface area contributed by atoms with E-state index < -0.39 is 35.1 Å². The number of hydrogen-bond acceptors (Lipinski definition) is 6. The molecule has 8 heteroatoms. The zero-order chi connectivity index (χ0) is 18.7. The second-order valence-corrected chi connectivity index (χ2v) is 6.61. The van der Waals surface area contributed by atoms with Crippen molar-refractivity contribution in [3.63, 3.8) is 0 Å². The molecular formula is C17H20ClFO6. The summed E-state index contributed by atoms with van der Waals surface area (Å²) >= 11 is 5.72. The van der Waals surface area contributed by atoms with Crippen molar-refractivity contribution in [2.45, 2.75) is 43.4 Å². The number of esters is 2. The quantitative estimate of drug-likeness (QED) is 0.563. The number of ether oxygens (including phenoxy) is 4. The van der Waals surface area contributed by atoms with Gasteiger partial charge in [0.15, 0.2) is 11.9 Å². The van der Waals surface area contributed by atoms with Crippen LogP contribution in [-0.2, 0) is 23.7 Å². The fraction of sp³-hybridized carbons (Fsp3) is 0.529. The Balaban J connectivity index is 2.17. The van der Waals surface area contributed by atoms with E-state index in [1.807, 2.05) is 0 Å². The number of hydrogen-bond donors (Lipinski definition) is 0.